The second-order valence-corrected chi connectivity index (χ2v) is 10.3. The molecule has 1 aliphatic carbocycles. The molecule has 0 aromatic heterocycles. The number of hydrogen-bond acceptors (Lipinski definition) is 3. The van der Waals surface area contributed by atoms with E-state index in [2.05, 4.69) is 19.2 Å². The number of hydrogen-bond donors (Lipinski definition) is 1. The number of aryl methyl sites for hydroxylation is 1. The summed E-state index contributed by atoms with van der Waals surface area (Å²) >= 11 is 0. The van der Waals surface area contributed by atoms with Crippen LogP contribution in [0.15, 0.2) is 53.4 Å². The average Bonchev–Trinajstić information content (AvgIpc) is 2.73. The zero-order valence-electron chi connectivity index (χ0n) is 18.1. The Labute approximate surface area is 180 Å². The van der Waals surface area contributed by atoms with Gasteiger partial charge in [-0.1, -0.05) is 62.9 Å². The maximum absolute atomic E-state index is 13.4. The van der Waals surface area contributed by atoms with E-state index in [1.54, 1.807) is 36.4 Å². The molecule has 0 unspecified atom stereocenters. The highest BCUT2D eigenvalue weighted by Gasteiger charge is 2.28. The molecule has 2 aromatic carbocycles. The Kier molecular flexibility index (Phi) is 7.19. The van der Waals surface area contributed by atoms with Crippen molar-refractivity contribution in [3.8, 4) is 0 Å². The van der Waals surface area contributed by atoms with Crippen molar-refractivity contribution in [3.05, 3.63) is 59.7 Å². The molecule has 1 saturated carbocycles. The standard InChI is InChI=1S/C24H32N2O3S/c1-18(2)20-11-13-22(14-12-20)26(17-24(27)25-21-7-5-4-6-8-21)30(28,29)23-15-9-19(3)10-16-23/h9-16,18,21H,4-8,17H2,1-3H3,(H,25,27). The molecule has 0 radical (unpaired) electrons. The van der Waals surface area contributed by atoms with Crippen molar-refractivity contribution in [1.82, 2.24) is 5.32 Å². The molecule has 1 fully saturated rings. The van der Waals surface area contributed by atoms with Crippen LogP contribution in [0.25, 0.3) is 0 Å². The maximum atomic E-state index is 13.4. The van der Waals surface area contributed by atoms with Gasteiger partial charge < -0.3 is 5.32 Å². The predicted molar refractivity (Wildman–Crippen MR) is 121 cm³/mol. The van der Waals surface area contributed by atoms with Crippen LogP contribution < -0.4 is 9.62 Å². The highest BCUT2D eigenvalue weighted by atomic mass is 32.2. The molecule has 0 aliphatic heterocycles. The average molecular weight is 429 g/mol. The van der Waals surface area contributed by atoms with Crippen LogP contribution in [0.2, 0.25) is 0 Å². The Bertz CT molecular complexity index is 945. The van der Waals surface area contributed by atoms with Crippen LogP contribution in [-0.4, -0.2) is 26.9 Å². The molecule has 0 atom stereocenters. The molecule has 1 amide bonds. The summed E-state index contributed by atoms with van der Waals surface area (Å²) in [5, 5.41) is 3.04. The minimum atomic E-state index is -3.87. The SMILES string of the molecule is Cc1ccc(S(=O)(=O)N(CC(=O)NC2CCCCC2)c2ccc(C(C)C)cc2)cc1. The number of rotatable bonds is 7. The van der Waals surface area contributed by atoms with Gasteiger partial charge in [-0.25, -0.2) is 8.42 Å². The molecule has 162 valence electrons. The van der Waals surface area contributed by atoms with Crippen molar-refractivity contribution < 1.29 is 13.2 Å². The Balaban J connectivity index is 1.89. The summed E-state index contributed by atoms with van der Waals surface area (Å²) < 4.78 is 28.1. The van der Waals surface area contributed by atoms with Crippen LogP contribution in [0.5, 0.6) is 0 Å². The van der Waals surface area contributed by atoms with E-state index in [0.29, 0.717) is 11.6 Å². The maximum Gasteiger partial charge on any atom is 0.264 e. The third-order valence-corrected chi connectivity index (χ3v) is 7.50. The van der Waals surface area contributed by atoms with Gasteiger partial charge in [0.15, 0.2) is 0 Å². The number of carbonyl (C=O) groups excluding carboxylic acids is 1. The van der Waals surface area contributed by atoms with E-state index in [9.17, 15) is 13.2 Å². The molecule has 6 heteroatoms. The van der Waals surface area contributed by atoms with Crippen molar-refractivity contribution in [2.45, 2.75) is 69.7 Å². The lowest BCUT2D eigenvalue weighted by Crippen LogP contribution is -2.44. The third-order valence-electron chi connectivity index (χ3n) is 5.71. The normalized spacial score (nSPS) is 15.2. The summed E-state index contributed by atoms with van der Waals surface area (Å²) in [6.07, 6.45) is 5.32. The van der Waals surface area contributed by atoms with E-state index in [-0.39, 0.29) is 23.4 Å². The van der Waals surface area contributed by atoms with Crippen LogP contribution in [0.1, 0.15) is 63.0 Å². The zero-order chi connectivity index (χ0) is 21.7. The molecule has 0 heterocycles. The first-order chi connectivity index (χ1) is 14.3. The molecule has 0 spiro atoms. The van der Waals surface area contributed by atoms with Crippen LogP contribution in [0.3, 0.4) is 0 Å². The number of nitrogens with one attached hydrogen (secondary N) is 1. The number of amides is 1. The van der Waals surface area contributed by atoms with Gasteiger partial charge in [0.25, 0.3) is 10.0 Å². The van der Waals surface area contributed by atoms with Crippen LogP contribution in [-0.2, 0) is 14.8 Å². The first kappa shape index (κ1) is 22.3. The summed E-state index contributed by atoms with van der Waals surface area (Å²) in [6, 6.07) is 14.3. The second-order valence-electron chi connectivity index (χ2n) is 8.47. The molecule has 0 bridgehead atoms. The lowest BCUT2D eigenvalue weighted by Gasteiger charge is -2.27. The van der Waals surface area contributed by atoms with E-state index < -0.39 is 10.0 Å². The topological polar surface area (TPSA) is 66.5 Å². The molecule has 2 aromatic rings. The smallest absolute Gasteiger partial charge is 0.264 e. The summed E-state index contributed by atoms with van der Waals surface area (Å²) in [4.78, 5) is 13.0. The van der Waals surface area contributed by atoms with Gasteiger partial charge in [-0.3, -0.25) is 9.10 Å². The number of nitrogens with zero attached hydrogens (tertiary/aromatic N) is 1. The second kappa shape index (κ2) is 9.65. The van der Waals surface area contributed by atoms with Gasteiger partial charge in [0, 0.05) is 6.04 Å². The van der Waals surface area contributed by atoms with Crippen LogP contribution in [0, 0.1) is 6.92 Å². The Morgan fingerprint density at radius 2 is 1.60 bits per heavy atom. The number of anilines is 1. The van der Waals surface area contributed by atoms with Gasteiger partial charge in [-0.05, 0) is 55.5 Å². The highest BCUT2D eigenvalue weighted by Crippen LogP contribution is 2.26. The van der Waals surface area contributed by atoms with Crippen molar-refractivity contribution in [1.29, 1.82) is 0 Å². The van der Waals surface area contributed by atoms with Crippen LogP contribution in [0.4, 0.5) is 5.69 Å². The molecule has 3 rings (SSSR count). The molecular weight excluding hydrogens is 396 g/mol. The van der Waals surface area contributed by atoms with Gasteiger partial charge in [0.2, 0.25) is 5.91 Å². The minimum Gasteiger partial charge on any atom is -0.352 e. The Morgan fingerprint density at radius 3 is 2.17 bits per heavy atom. The highest BCUT2D eigenvalue weighted by molar-refractivity contribution is 7.92. The molecule has 1 aliphatic rings. The van der Waals surface area contributed by atoms with E-state index >= 15 is 0 Å². The fourth-order valence-corrected chi connectivity index (χ4v) is 5.25. The van der Waals surface area contributed by atoms with Crippen LogP contribution >= 0.6 is 0 Å². The van der Waals surface area contributed by atoms with Gasteiger partial charge in [0.05, 0.1) is 10.6 Å². The number of carbonyl (C=O) groups is 1. The quantitative estimate of drug-likeness (QED) is 0.691. The molecule has 30 heavy (non-hydrogen) atoms. The summed E-state index contributed by atoms with van der Waals surface area (Å²) in [5.74, 6) is 0.0846. The van der Waals surface area contributed by atoms with E-state index in [1.807, 2.05) is 19.1 Å². The summed E-state index contributed by atoms with van der Waals surface area (Å²) in [5.41, 5.74) is 2.61. The van der Waals surface area contributed by atoms with Gasteiger partial charge in [0.1, 0.15) is 6.54 Å². The molecule has 1 N–H and O–H groups in total. The first-order valence-electron chi connectivity index (χ1n) is 10.8. The van der Waals surface area contributed by atoms with Crippen molar-refractivity contribution in [2.24, 2.45) is 0 Å². The Hall–Kier alpha value is -2.34. The summed E-state index contributed by atoms with van der Waals surface area (Å²) in [6.45, 7) is 5.87. The largest absolute Gasteiger partial charge is 0.352 e. The van der Waals surface area contributed by atoms with Gasteiger partial charge in [-0.15, -0.1) is 0 Å². The fourth-order valence-electron chi connectivity index (χ4n) is 3.83. The van der Waals surface area contributed by atoms with E-state index in [0.717, 1.165) is 36.8 Å². The summed E-state index contributed by atoms with van der Waals surface area (Å²) in [7, 11) is -3.87. The Morgan fingerprint density at radius 1 is 1.00 bits per heavy atom. The van der Waals surface area contributed by atoms with Gasteiger partial charge in [-0.2, -0.15) is 0 Å². The predicted octanol–water partition coefficient (Wildman–Crippen LogP) is 4.76. The molecule has 0 saturated heterocycles. The minimum absolute atomic E-state index is 0.137. The monoisotopic (exact) mass is 428 g/mol. The van der Waals surface area contributed by atoms with E-state index in [1.165, 1.54) is 10.7 Å². The zero-order valence-corrected chi connectivity index (χ0v) is 18.9. The lowest BCUT2D eigenvalue weighted by molar-refractivity contribution is -0.120. The third kappa shape index (κ3) is 5.42. The number of benzene rings is 2. The molecule has 5 nitrogen and oxygen atoms in total. The fraction of sp³-hybridized carbons (Fsp3) is 0.458. The first-order valence-corrected chi connectivity index (χ1v) is 12.2. The van der Waals surface area contributed by atoms with Crippen molar-refractivity contribution >= 4 is 21.6 Å². The van der Waals surface area contributed by atoms with Gasteiger partial charge >= 0.3 is 0 Å². The van der Waals surface area contributed by atoms with Crippen molar-refractivity contribution in [3.63, 3.8) is 0 Å². The molecular formula is C24H32N2O3S. The van der Waals surface area contributed by atoms with Crippen molar-refractivity contribution in [2.75, 3.05) is 10.8 Å². The number of sulfonamides is 1. The van der Waals surface area contributed by atoms with E-state index in [4.69, 9.17) is 0 Å². The lowest BCUT2D eigenvalue weighted by atomic mass is 9.95.